The van der Waals surface area contributed by atoms with Gasteiger partial charge in [-0.1, -0.05) is 0 Å². The van der Waals surface area contributed by atoms with Gasteiger partial charge in [0.05, 0.1) is 26.4 Å². The van der Waals surface area contributed by atoms with E-state index < -0.39 is 9.58 Å². The third-order valence-electron chi connectivity index (χ3n) is 1.56. The summed E-state index contributed by atoms with van der Waals surface area (Å²) >= 11 is 1.74. The van der Waals surface area contributed by atoms with Crippen molar-refractivity contribution in [1.82, 2.24) is 0 Å². The maximum atomic E-state index is 10.6. The Kier molecular flexibility index (Phi) is 8.30. The summed E-state index contributed by atoms with van der Waals surface area (Å²) in [5, 5.41) is 8.72. The zero-order valence-electron chi connectivity index (χ0n) is 8.99. The van der Waals surface area contributed by atoms with Crippen LogP contribution in [0.1, 0.15) is 13.8 Å². The molecule has 0 aliphatic rings. The zero-order chi connectivity index (χ0) is 11.7. The third-order valence-corrected chi connectivity index (χ3v) is 2.33. The van der Waals surface area contributed by atoms with E-state index in [1.54, 1.807) is 22.6 Å². The molecule has 0 bridgehead atoms. The molecule has 1 unspecified atom stereocenters. The van der Waals surface area contributed by atoms with E-state index in [9.17, 15) is 4.79 Å². The van der Waals surface area contributed by atoms with Crippen LogP contribution < -0.4 is 0 Å². The standard InChI is InChI=1S/C9H17IO5/c1-3-13-4-5-14-6-7-15-9(2,10)8(11)12/h3-7H2,1-2H3,(H,11,12). The fourth-order valence-electron chi connectivity index (χ4n) is 0.718. The molecule has 0 saturated carbocycles. The van der Waals surface area contributed by atoms with Crippen LogP contribution in [0.5, 0.6) is 0 Å². The molecule has 0 aliphatic heterocycles. The Labute approximate surface area is 103 Å². The van der Waals surface area contributed by atoms with E-state index in [-0.39, 0.29) is 6.61 Å². The van der Waals surface area contributed by atoms with Gasteiger partial charge in [-0.15, -0.1) is 0 Å². The normalized spacial score (nSPS) is 14.9. The van der Waals surface area contributed by atoms with E-state index in [4.69, 9.17) is 19.3 Å². The first-order valence-corrected chi connectivity index (χ1v) is 5.80. The molecule has 15 heavy (non-hydrogen) atoms. The molecule has 0 aromatic carbocycles. The molecular weight excluding hydrogens is 315 g/mol. The van der Waals surface area contributed by atoms with Crippen LogP contribution in [0.15, 0.2) is 0 Å². The molecule has 5 nitrogen and oxygen atoms in total. The molecule has 6 heteroatoms. The second-order valence-corrected chi connectivity index (χ2v) is 4.94. The highest BCUT2D eigenvalue weighted by Gasteiger charge is 2.29. The molecule has 0 aliphatic carbocycles. The van der Waals surface area contributed by atoms with Gasteiger partial charge in [-0.25, -0.2) is 4.79 Å². The van der Waals surface area contributed by atoms with E-state index >= 15 is 0 Å². The van der Waals surface area contributed by atoms with Crippen molar-refractivity contribution >= 4 is 28.6 Å². The number of halogens is 1. The number of alkyl halides is 1. The molecule has 0 radical (unpaired) electrons. The van der Waals surface area contributed by atoms with Crippen molar-refractivity contribution in [2.24, 2.45) is 0 Å². The van der Waals surface area contributed by atoms with E-state index in [2.05, 4.69) is 0 Å². The topological polar surface area (TPSA) is 65.0 Å². The number of hydrogen-bond donors (Lipinski definition) is 1. The molecule has 0 saturated heterocycles. The van der Waals surface area contributed by atoms with Crippen molar-refractivity contribution in [3.8, 4) is 0 Å². The van der Waals surface area contributed by atoms with E-state index in [1.165, 1.54) is 6.92 Å². The molecule has 0 heterocycles. The molecular formula is C9H17IO5. The lowest BCUT2D eigenvalue weighted by atomic mass is 10.4. The van der Waals surface area contributed by atoms with Crippen LogP contribution in [0.25, 0.3) is 0 Å². The van der Waals surface area contributed by atoms with Crippen LogP contribution in [-0.2, 0) is 19.0 Å². The largest absolute Gasteiger partial charge is 0.479 e. The van der Waals surface area contributed by atoms with Crippen molar-refractivity contribution in [1.29, 1.82) is 0 Å². The van der Waals surface area contributed by atoms with Gasteiger partial charge in [-0.2, -0.15) is 0 Å². The Balaban J connectivity index is 3.35. The van der Waals surface area contributed by atoms with Crippen LogP contribution in [0.3, 0.4) is 0 Å². The number of carboxylic acids is 1. The monoisotopic (exact) mass is 332 g/mol. The first-order chi connectivity index (χ1) is 7.00. The molecule has 0 fully saturated rings. The predicted molar refractivity (Wildman–Crippen MR) is 63.3 cm³/mol. The van der Waals surface area contributed by atoms with Gasteiger partial charge < -0.3 is 19.3 Å². The maximum Gasteiger partial charge on any atom is 0.346 e. The SMILES string of the molecule is CCOCCOCCOC(C)(I)C(=O)O. The lowest BCUT2D eigenvalue weighted by Gasteiger charge is -2.17. The van der Waals surface area contributed by atoms with Crippen LogP contribution in [0, 0.1) is 0 Å². The second kappa shape index (κ2) is 8.26. The molecule has 0 aromatic heterocycles. The van der Waals surface area contributed by atoms with Crippen LogP contribution >= 0.6 is 22.6 Å². The second-order valence-electron chi connectivity index (χ2n) is 2.88. The number of hydrogen-bond acceptors (Lipinski definition) is 4. The Bertz CT molecular complexity index is 183. The number of carboxylic acid groups (broad SMARTS) is 1. The minimum atomic E-state index is -1.18. The zero-order valence-corrected chi connectivity index (χ0v) is 11.2. The highest BCUT2D eigenvalue weighted by molar-refractivity contribution is 14.1. The minimum Gasteiger partial charge on any atom is -0.479 e. The predicted octanol–water partition coefficient (Wildman–Crippen LogP) is 1.29. The average molecular weight is 332 g/mol. The average Bonchev–Trinajstić information content (AvgIpc) is 2.16. The van der Waals surface area contributed by atoms with Gasteiger partial charge in [0.25, 0.3) is 0 Å². The Morgan fingerprint density at radius 1 is 1.27 bits per heavy atom. The van der Waals surface area contributed by atoms with Crippen molar-refractivity contribution in [2.45, 2.75) is 17.5 Å². The van der Waals surface area contributed by atoms with Gasteiger partial charge in [0.15, 0.2) is 0 Å². The van der Waals surface area contributed by atoms with E-state index in [1.807, 2.05) is 6.92 Å². The highest BCUT2D eigenvalue weighted by atomic mass is 127. The van der Waals surface area contributed by atoms with Crippen molar-refractivity contribution in [3.63, 3.8) is 0 Å². The lowest BCUT2D eigenvalue weighted by Crippen LogP contribution is -2.32. The summed E-state index contributed by atoms with van der Waals surface area (Å²) in [5.74, 6) is -0.989. The molecule has 90 valence electrons. The van der Waals surface area contributed by atoms with Gasteiger partial charge in [0, 0.05) is 6.61 Å². The molecule has 1 N–H and O–H groups in total. The Morgan fingerprint density at radius 2 is 1.80 bits per heavy atom. The fourth-order valence-corrected chi connectivity index (χ4v) is 0.938. The fraction of sp³-hybridized carbons (Fsp3) is 0.889. The number of carbonyl (C=O) groups is 1. The Morgan fingerprint density at radius 3 is 2.33 bits per heavy atom. The van der Waals surface area contributed by atoms with Crippen molar-refractivity contribution < 1.29 is 24.1 Å². The molecule has 0 spiro atoms. The summed E-state index contributed by atoms with van der Waals surface area (Å²) in [6.45, 7) is 5.77. The van der Waals surface area contributed by atoms with E-state index in [0.29, 0.717) is 26.4 Å². The Hall–Kier alpha value is 0.0800. The summed E-state index contributed by atoms with van der Waals surface area (Å²) in [6.07, 6.45) is 0. The van der Waals surface area contributed by atoms with E-state index in [0.717, 1.165) is 0 Å². The molecule has 0 amide bonds. The van der Waals surface area contributed by atoms with Crippen LogP contribution in [-0.4, -0.2) is 47.7 Å². The first kappa shape index (κ1) is 15.1. The van der Waals surface area contributed by atoms with Crippen molar-refractivity contribution in [2.75, 3.05) is 33.0 Å². The summed E-state index contributed by atoms with van der Waals surface area (Å²) in [4.78, 5) is 10.6. The maximum absolute atomic E-state index is 10.6. The molecule has 0 aromatic rings. The highest BCUT2D eigenvalue weighted by Crippen LogP contribution is 2.19. The summed E-state index contributed by atoms with van der Waals surface area (Å²) in [7, 11) is 0. The lowest BCUT2D eigenvalue weighted by molar-refractivity contribution is -0.151. The van der Waals surface area contributed by atoms with Crippen LogP contribution in [0.2, 0.25) is 0 Å². The number of rotatable bonds is 9. The number of aliphatic carboxylic acids is 1. The third kappa shape index (κ3) is 7.95. The van der Waals surface area contributed by atoms with Gasteiger partial charge in [-0.05, 0) is 36.4 Å². The van der Waals surface area contributed by atoms with Gasteiger partial charge in [0.1, 0.15) is 0 Å². The van der Waals surface area contributed by atoms with Crippen molar-refractivity contribution in [3.05, 3.63) is 0 Å². The van der Waals surface area contributed by atoms with Crippen LogP contribution in [0.4, 0.5) is 0 Å². The summed E-state index contributed by atoms with van der Waals surface area (Å²) in [5.41, 5.74) is 0. The van der Waals surface area contributed by atoms with Gasteiger partial charge >= 0.3 is 5.97 Å². The first-order valence-electron chi connectivity index (χ1n) is 4.72. The molecule has 1 atom stereocenters. The van der Waals surface area contributed by atoms with Gasteiger partial charge in [0.2, 0.25) is 3.61 Å². The minimum absolute atomic E-state index is 0.262. The summed E-state index contributed by atoms with van der Waals surface area (Å²) < 4.78 is 14.2. The quantitative estimate of drug-likeness (QED) is 0.392. The number of ether oxygens (including phenoxy) is 3. The molecule has 0 rings (SSSR count). The smallest absolute Gasteiger partial charge is 0.346 e. The summed E-state index contributed by atoms with van der Waals surface area (Å²) in [6, 6.07) is 0. The van der Waals surface area contributed by atoms with Gasteiger partial charge in [-0.3, -0.25) is 0 Å².